The molecule has 0 amide bonds. The lowest BCUT2D eigenvalue weighted by molar-refractivity contribution is -0.107. The molecule has 1 aromatic carbocycles. The minimum atomic E-state index is 0.454. The van der Waals surface area contributed by atoms with Crippen LogP contribution >= 0.6 is 0 Å². The van der Waals surface area contributed by atoms with Crippen LogP contribution in [0.3, 0.4) is 0 Å². The number of benzene rings is 1. The Morgan fingerprint density at radius 1 is 1.25 bits per heavy atom. The quantitative estimate of drug-likeness (QED) is 0.695. The smallest absolute Gasteiger partial charge is 0.152 e. The molecule has 1 heterocycles. The van der Waals surface area contributed by atoms with Crippen LogP contribution in [0.1, 0.15) is 17.8 Å². The lowest BCUT2D eigenvalue weighted by atomic mass is 10.2. The van der Waals surface area contributed by atoms with E-state index in [1.54, 1.807) is 4.68 Å². The van der Waals surface area contributed by atoms with Gasteiger partial charge in [0.2, 0.25) is 0 Å². The molecule has 16 heavy (non-hydrogen) atoms. The summed E-state index contributed by atoms with van der Waals surface area (Å²) >= 11 is 0. The largest absolute Gasteiger partial charge is 0.303 e. The summed E-state index contributed by atoms with van der Waals surface area (Å²) in [6, 6.07) is 9.96. The first-order valence-electron chi connectivity index (χ1n) is 5.13. The van der Waals surface area contributed by atoms with Gasteiger partial charge in [0.25, 0.3) is 0 Å². The highest BCUT2D eigenvalue weighted by atomic mass is 16.1. The van der Waals surface area contributed by atoms with E-state index in [9.17, 15) is 4.79 Å². The Balaban J connectivity index is 2.09. The van der Waals surface area contributed by atoms with Crippen LogP contribution in [-0.4, -0.2) is 26.5 Å². The van der Waals surface area contributed by atoms with E-state index in [0.717, 1.165) is 17.7 Å². The van der Waals surface area contributed by atoms with Crippen LogP contribution in [0.4, 0.5) is 0 Å². The van der Waals surface area contributed by atoms with Gasteiger partial charge in [-0.3, -0.25) is 0 Å². The van der Waals surface area contributed by atoms with Crippen molar-refractivity contribution in [1.82, 2.24) is 20.2 Å². The summed E-state index contributed by atoms with van der Waals surface area (Å²) in [5, 5.41) is 11.4. The third-order valence-corrected chi connectivity index (χ3v) is 2.27. The molecule has 0 saturated carbocycles. The number of hydrogen-bond acceptors (Lipinski definition) is 4. The number of carbonyl (C=O) groups excluding carboxylic acids is 1. The SMILES string of the molecule is O=CCCc1nnnn1Cc1ccccc1. The summed E-state index contributed by atoms with van der Waals surface area (Å²) in [6.07, 6.45) is 1.92. The van der Waals surface area contributed by atoms with E-state index in [0.29, 0.717) is 19.4 Å². The Kier molecular flexibility index (Phi) is 3.38. The lowest BCUT2D eigenvalue weighted by Crippen LogP contribution is -2.07. The fraction of sp³-hybridized carbons (Fsp3) is 0.273. The van der Waals surface area contributed by atoms with Crippen LogP contribution in [0.5, 0.6) is 0 Å². The highest BCUT2D eigenvalue weighted by molar-refractivity contribution is 5.49. The first-order chi connectivity index (χ1) is 7.90. The van der Waals surface area contributed by atoms with E-state index < -0.39 is 0 Å². The van der Waals surface area contributed by atoms with Gasteiger partial charge in [0.15, 0.2) is 5.82 Å². The summed E-state index contributed by atoms with van der Waals surface area (Å²) in [6.45, 7) is 0.641. The molecule has 0 spiro atoms. The highest BCUT2D eigenvalue weighted by Gasteiger charge is 2.05. The van der Waals surface area contributed by atoms with Gasteiger partial charge in [0.1, 0.15) is 6.29 Å². The van der Waals surface area contributed by atoms with Gasteiger partial charge in [-0.25, -0.2) is 4.68 Å². The van der Waals surface area contributed by atoms with Gasteiger partial charge in [-0.1, -0.05) is 30.3 Å². The Bertz CT molecular complexity index is 452. The van der Waals surface area contributed by atoms with Crippen molar-refractivity contribution in [3.05, 3.63) is 41.7 Å². The molecule has 0 fully saturated rings. The van der Waals surface area contributed by atoms with Crippen molar-refractivity contribution in [3.8, 4) is 0 Å². The number of hydrogen-bond donors (Lipinski definition) is 0. The van der Waals surface area contributed by atoms with Crippen LogP contribution in [0, 0.1) is 0 Å². The maximum atomic E-state index is 10.3. The number of aryl methyl sites for hydroxylation is 1. The molecule has 0 aliphatic carbocycles. The van der Waals surface area contributed by atoms with Gasteiger partial charge in [-0.05, 0) is 16.0 Å². The van der Waals surface area contributed by atoms with Crippen molar-refractivity contribution in [2.45, 2.75) is 19.4 Å². The monoisotopic (exact) mass is 216 g/mol. The molecule has 5 heteroatoms. The minimum absolute atomic E-state index is 0.454. The normalized spacial score (nSPS) is 10.2. The summed E-state index contributed by atoms with van der Waals surface area (Å²) in [5.41, 5.74) is 1.14. The zero-order chi connectivity index (χ0) is 11.2. The zero-order valence-corrected chi connectivity index (χ0v) is 8.78. The molecule has 2 rings (SSSR count). The van der Waals surface area contributed by atoms with Crippen molar-refractivity contribution in [2.75, 3.05) is 0 Å². The van der Waals surface area contributed by atoms with E-state index in [-0.39, 0.29) is 0 Å². The average molecular weight is 216 g/mol. The van der Waals surface area contributed by atoms with Gasteiger partial charge in [-0.15, -0.1) is 5.10 Å². The number of carbonyl (C=O) groups is 1. The summed E-state index contributed by atoms with van der Waals surface area (Å²) in [5.74, 6) is 0.746. The van der Waals surface area contributed by atoms with Crippen molar-refractivity contribution in [3.63, 3.8) is 0 Å². The van der Waals surface area contributed by atoms with Crippen molar-refractivity contribution in [2.24, 2.45) is 0 Å². The highest BCUT2D eigenvalue weighted by Crippen LogP contribution is 2.03. The molecule has 0 aliphatic rings. The first kappa shape index (κ1) is 10.5. The molecule has 0 N–H and O–H groups in total. The minimum Gasteiger partial charge on any atom is -0.303 e. The zero-order valence-electron chi connectivity index (χ0n) is 8.78. The molecule has 0 radical (unpaired) electrons. The van der Waals surface area contributed by atoms with E-state index in [1.807, 2.05) is 30.3 Å². The molecular formula is C11H12N4O. The van der Waals surface area contributed by atoms with Gasteiger partial charge in [0, 0.05) is 12.8 Å². The standard InChI is InChI=1S/C11H12N4O/c16-8-4-7-11-12-13-14-15(11)9-10-5-2-1-3-6-10/h1-3,5-6,8H,4,7,9H2. The number of tetrazole rings is 1. The fourth-order valence-electron chi connectivity index (χ4n) is 1.47. The van der Waals surface area contributed by atoms with E-state index >= 15 is 0 Å². The molecule has 82 valence electrons. The second kappa shape index (κ2) is 5.16. The summed E-state index contributed by atoms with van der Waals surface area (Å²) in [7, 11) is 0. The predicted octanol–water partition coefficient (Wildman–Crippen LogP) is 0.853. The van der Waals surface area contributed by atoms with Crippen molar-refractivity contribution in [1.29, 1.82) is 0 Å². The Labute approximate surface area is 93.1 Å². The predicted molar refractivity (Wildman–Crippen MR) is 57.7 cm³/mol. The van der Waals surface area contributed by atoms with Gasteiger partial charge in [-0.2, -0.15) is 0 Å². The molecule has 0 atom stereocenters. The van der Waals surface area contributed by atoms with Gasteiger partial charge >= 0.3 is 0 Å². The van der Waals surface area contributed by atoms with Crippen LogP contribution < -0.4 is 0 Å². The Hall–Kier alpha value is -2.04. The second-order valence-corrected chi connectivity index (χ2v) is 3.44. The topological polar surface area (TPSA) is 60.7 Å². The van der Waals surface area contributed by atoms with Gasteiger partial charge in [0.05, 0.1) is 6.54 Å². The summed E-state index contributed by atoms with van der Waals surface area (Å²) in [4.78, 5) is 10.3. The first-order valence-corrected chi connectivity index (χ1v) is 5.13. The molecule has 0 bridgehead atoms. The van der Waals surface area contributed by atoms with Crippen LogP contribution in [0.2, 0.25) is 0 Å². The molecule has 0 aliphatic heterocycles. The van der Waals surface area contributed by atoms with E-state index in [4.69, 9.17) is 0 Å². The number of aromatic nitrogens is 4. The van der Waals surface area contributed by atoms with Gasteiger partial charge < -0.3 is 4.79 Å². The lowest BCUT2D eigenvalue weighted by Gasteiger charge is -2.02. The number of rotatable bonds is 5. The third kappa shape index (κ3) is 2.50. The van der Waals surface area contributed by atoms with E-state index in [1.165, 1.54) is 0 Å². The average Bonchev–Trinajstić information content (AvgIpc) is 2.75. The molecule has 1 aromatic heterocycles. The Morgan fingerprint density at radius 3 is 2.81 bits per heavy atom. The molecule has 5 nitrogen and oxygen atoms in total. The van der Waals surface area contributed by atoms with Crippen LogP contribution in [0.15, 0.2) is 30.3 Å². The number of aldehydes is 1. The molecule has 0 saturated heterocycles. The van der Waals surface area contributed by atoms with Crippen LogP contribution in [0.25, 0.3) is 0 Å². The summed E-state index contributed by atoms with van der Waals surface area (Å²) < 4.78 is 1.72. The molecular weight excluding hydrogens is 204 g/mol. The molecule has 0 unspecified atom stereocenters. The second-order valence-electron chi connectivity index (χ2n) is 3.44. The Morgan fingerprint density at radius 2 is 2.06 bits per heavy atom. The molecule has 2 aromatic rings. The number of nitrogens with zero attached hydrogens (tertiary/aromatic N) is 4. The third-order valence-electron chi connectivity index (χ3n) is 2.27. The van der Waals surface area contributed by atoms with E-state index in [2.05, 4.69) is 15.5 Å². The van der Waals surface area contributed by atoms with Crippen molar-refractivity contribution >= 4 is 6.29 Å². The fourth-order valence-corrected chi connectivity index (χ4v) is 1.47. The van der Waals surface area contributed by atoms with Crippen LogP contribution in [-0.2, 0) is 17.8 Å². The van der Waals surface area contributed by atoms with Crippen molar-refractivity contribution < 1.29 is 4.79 Å². The maximum Gasteiger partial charge on any atom is 0.152 e. The maximum absolute atomic E-state index is 10.3.